The van der Waals surface area contributed by atoms with Crippen LogP contribution in [0, 0.1) is 12.3 Å². The quantitative estimate of drug-likeness (QED) is 0.733. The average Bonchev–Trinajstić information content (AvgIpc) is 2.75. The molecule has 1 aromatic rings. The third kappa shape index (κ3) is 4.98. The maximum Gasteiger partial charge on any atom is 0.273 e. The predicted molar refractivity (Wildman–Crippen MR) is 79.0 cm³/mol. The second-order valence-electron chi connectivity index (χ2n) is 5.55. The van der Waals surface area contributed by atoms with Gasteiger partial charge >= 0.3 is 0 Å². The van der Waals surface area contributed by atoms with E-state index >= 15 is 0 Å². The van der Waals surface area contributed by atoms with Crippen LogP contribution in [0.3, 0.4) is 0 Å². The Morgan fingerprint density at radius 2 is 2.10 bits per heavy atom. The summed E-state index contributed by atoms with van der Waals surface area (Å²) in [6.07, 6.45) is 0.754. The number of H-pyrrole nitrogens is 1. The van der Waals surface area contributed by atoms with Crippen LogP contribution in [0.25, 0.3) is 0 Å². The monoisotopic (exact) mass is 337 g/mol. The summed E-state index contributed by atoms with van der Waals surface area (Å²) < 4.78 is 28.0. The van der Waals surface area contributed by atoms with Crippen molar-refractivity contribution in [3.05, 3.63) is 11.4 Å². The first-order valence-corrected chi connectivity index (χ1v) is 8.66. The van der Waals surface area contributed by atoms with Gasteiger partial charge in [-0.1, -0.05) is 13.8 Å². The molecule has 1 amide bonds. The van der Waals surface area contributed by atoms with Gasteiger partial charge < -0.3 is 10.1 Å². The molecule has 1 heterocycles. The Morgan fingerprint density at radius 3 is 2.62 bits per heavy atom. The molecule has 2 N–H and O–H groups in total. The molecule has 1 aromatic heterocycles. The van der Waals surface area contributed by atoms with Gasteiger partial charge in [0, 0.05) is 30.9 Å². The highest BCUT2D eigenvalue weighted by Gasteiger charge is 2.28. The second kappa shape index (κ2) is 6.76. The zero-order valence-corrected chi connectivity index (χ0v) is 14.1. The van der Waals surface area contributed by atoms with Crippen LogP contribution in [0.2, 0.25) is 0 Å². The first-order valence-electron chi connectivity index (χ1n) is 6.35. The van der Waals surface area contributed by atoms with E-state index < -0.39 is 15.0 Å². The van der Waals surface area contributed by atoms with Crippen LogP contribution in [0.5, 0.6) is 0 Å². The number of hydrogen-bond acceptors (Lipinski definition) is 5. The summed E-state index contributed by atoms with van der Waals surface area (Å²) in [5, 5.41) is 8.86. The van der Waals surface area contributed by atoms with E-state index in [9.17, 15) is 13.2 Å². The highest BCUT2D eigenvalue weighted by atomic mass is 35.7. The summed E-state index contributed by atoms with van der Waals surface area (Å²) in [5.74, 6) is -0.580. The number of carbonyl (C=O) groups is 1. The van der Waals surface area contributed by atoms with Crippen molar-refractivity contribution in [2.24, 2.45) is 5.41 Å². The predicted octanol–water partition coefficient (Wildman–Crippen LogP) is 1.44. The van der Waals surface area contributed by atoms with Crippen molar-refractivity contribution < 1.29 is 17.9 Å². The van der Waals surface area contributed by atoms with Gasteiger partial charge in [-0.3, -0.25) is 9.89 Å². The van der Waals surface area contributed by atoms with Crippen molar-refractivity contribution in [2.45, 2.75) is 32.1 Å². The minimum Gasteiger partial charge on any atom is -0.385 e. The van der Waals surface area contributed by atoms with Gasteiger partial charge in [-0.05, 0) is 18.8 Å². The molecule has 7 nitrogen and oxygen atoms in total. The zero-order valence-electron chi connectivity index (χ0n) is 12.5. The largest absolute Gasteiger partial charge is 0.385 e. The van der Waals surface area contributed by atoms with Gasteiger partial charge in [0.15, 0.2) is 5.69 Å². The first kappa shape index (κ1) is 17.9. The number of aromatic nitrogens is 2. The fourth-order valence-electron chi connectivity index (χ4n) is 1.74. The SMILES string of the molecule is COCCC(C)(C)CNC(=O)c1n[nH]c(C)c1S(=O)(=O)Cl. The fourth-order valence-corrected chi connectivity index (χ4v) is 3.09. The molecule has 0 spiro atoms. The summed E-state index contributed by atoms with van der Waals surface area (Å²) in [6, 6.07) is 0. The van der Waals surface area contributed by atoms with E-state index in [2.05, 4.69) is 15.5 Å². The van der Waals surface area contributed by atoms with E-state index in [1.807, 2.05) is 13.8 Å². The number of nitrogens with one attached hydrogen (secondary N) is 2. The number of amides is 1. The molecule has 0 aliphatic carbocycles. The Kier molecular flexibility index (Phi) is 5.77. The number of rotatable bonds is 7. The highest BCUT2D eigenvalue weighted by molar-refractivity contribution is 8.13. The molecule has 0 fully saturated rings. The summed E-state index contributed by atoms with van der Waals surface area (Å²) in [6.45, 7) is 6.37. The van der Waals surface area contributed by atoms with Crippen LogP contribution < -0.4 is 5.32 Å². The summed E-state index contributed by atoms with van der Waals surface area (Å²) in [7, 11) is 2.90. The topological polar surface area (TPSA) is 101 Å². The van der Waals surface area contributed by atoms with Crippen LogP contribution in [-0.4, -0.2) is 44.8 Å². The lowest BCUT2D eigenvalue weighted by Gasteiger charge is -2.24. The number of halogens is 1. The summed E-state index contributed by atoms with van der Waals surface area (Å²) in [4.78, 5) is 11.8. The normalized spacial score (nSPS) is 12.4. The molecule has 0 atom stereocenters. The number of hydrogen-bond donors (Lipinski definition) is 2. The Hall–Kier alpha value is -1.12. The molecule has 0 radical (unpaired) electrons. The van der Waals surface area contributed by atoms with Gasteiger partial charge in [-0.15, -0.1) is 0 Å². The van der Waals surface area contributed by atoms with Crippen molar-refractivity contribution in [1.29, 1.82) is 0 Å². The Balaban J connectivity index is 2.83. The van der Waals surface area contributed by atoms with Crippen molar-refractivity contribution in [1.82, 2.24) is 15.5 Å². The minimum atomic E-state index is -4.04. The molecule has 0 unspecified atom stereocenters. The molecule has 0 saturated carbocycles. The number of nitrogens with zero attached hydrogens (tertiary/aromatic N) is 1. The molecular weight excluding hydrogens is 318 g/mol. The van der Waals surface area contributed by atoms with Gasteiger partial charge in [-0.2, -0.15) is 5.10 Å². The Morgan fingerprint density at radius 1 is 1.48 bits per heavy atom. The summed E-state index contributed by atoms with van der Waals surface area (Å²) in [5.41, 5.74) is -0.171. The van der Waals surface area contributed by atoms with Gasteiger partial charge in [-0.25, -0.2) is 8.42 Å². The molecule has 1 rings (SSSR count). The minimum absolute atomic E-state index is 0.184. The van der Waals surface area contributed by atoms with Crippen molar-refractivity contribution in [2.75, 3.05) is 20.3 Å². The van der Waals surface area contributed by atoms with Crippen LogP contribution in [-0.2, 0) is 13.8 Å². The van der Waals surface area contributed by atoms with Gasteiger partial charge in [0.2, 0.25) is 0 Å². The Labute approximate surface area is 128 Å². The average molecular weight is 338 g/mol. The highest BCUT2D eigenvalue weighted by Crippen LogP contribution is 2.23. The molecule has 0 aliphatic heterocycles. The second-order valence-corrected chi connectivity index (χ2v) is 8.06. The van der Waals surface area contributed by atoms with E-state index in [-0.39, 0.29) is 21.7 Å². The van der Waals surface area contributed by atoms with Gasteiger partial charge in [0.05, 0.1) is 5.69 Å². The molecule has 0 aliphatic rings. The summed E-state index contributed by atoms with van der Waals surface area (Å²) >= 11 is 0. The lowest BCUT2D eigenvalue weighted by atomic mass is 9.89. The standard InChI is InChI=1S/C12H20ClN3O4S/c1-8-10(21(13,18)19)9(16-15-8)11(17)14-7-12(2,3)5-6-20-4/h5-7H2,1-4H3,(H,14,17)(H,15,16). The van der Waals surface area contributed by atoms with Crippen LogP contribution >= 0.6 is 10.7 Å². The van der Waals surface area contributed by atoms with E-state index in [0.29, 0.717) is 13.2 Å². The molecule has 120 valence electrons. The smallest absolute Gasteiger partial charge is 0.273 e. The zero-order chi connectivity index (χ0) is 16.3. The van der Waals surface area contributed by atoms with Crippen molar-refractivity contribution in [3.63, 3.8) is 0 Å². The van der Waals surface area contributed by atoms with Crippen LogP contribution in [0.15, 0.2) is 4.90 Å². The van der Waals surface area contributed by atoms with Gasteiger partial charge in [0.25, 0.3) is 15.0 Å². The lowest BCUT2D eigenvalue weighted by Crippen LogP contribution is -2.35. The number of aryl methyl sites for hydroxylation is 1. The molecule has 0 aromatic carbocycles. The number of ether oxygens (including phenoxy) is 1. The fraction of sp³-hybridized carbons (Fsp3) is 0.667. The van der Waals surface area contributed by atoms with E-state index in [1.54, 1.807) is 7.11 Å². The lowest BCUT2D eigenvalue weighted by molar-refractivity contribution is 0.0912. The Bertz CT molecular complexity index is 610. The third-order valence-corrected chi connectivity index (χ3v) is 4.51. The molecule has 9 heteroatoms. The molecule has 21 heavy (non-hydrogen) atoms. The third-order valence-electron chi connectivity index (χ3n) is 3.06. The van der Waals surface area contributed by atoms with E-state index in [1.165, 1.54) is 6.92 Å². The number of aromatic amines is 1. The van der Waals surface area contributed by atoms with Gasteiger partial charge in [0.1, 0.15) is 4.90 Å². The van der Waals surface area contributed by atoms with Crippen LogP contribution in [0.4, 0.5) is 0 Å². The number of methoxy groups -OCH3 is 1. The molecular formula is C12H20ClN3O4S. The molecule has 0 saturated heterocycles. The maximum absolute atomic E-state index is 12.1. The van der Waals surface area contributed by atoms with Crippen molar-refractivity contribution in [3.8, 4) is 0 Å². The molecule has 0 bridgehead atoms. The maximum atomic E-state index is 12.1. The first-order chi connectivity index (χ1) is 9.58. The van der Waals surface area contributed by atoms with E-state index in [4.69, 9.17) is 15.4 Å². The van der Waals surface area contributed by atoms with Crippen molar-refractivity contribution >= 4 is 25.6 Å². The number of carbonyl (C=O) groups excluding carboxylic acids is 1. The van der Waals surface area contributed by atoms with E-state index in [0.717, 1.165) is 6.42 Å². The van der Waals surface area contributed by atoms with Crippen LogP contribution in [0.1, 0.15) is 36.5 Å².